The predicted octanol–water partition coefficient (Wildman–Crippen LogP) is 1.71. The predicted molar refractivity (Wildman–Crippen MR) is 120 cm³/mol. The van der Waals surface area contributed by atoms with Gasteiger partial charge in [-0.15, -0.1) is 0 Å². The fourth-order valence-corrected chi connectivity index (χ4v) is 3.69. The molecule has 3 heterocycles. The second kappa shape index (κ2) is 9.55. The molecule has 0 aliphatic carbocycles. The van der Waals surface area contributed by atoms with E-state index in [0.717, 1.165) is 24.6 Å². The minimum absolute atomic E-state index is 0.121. The summed E-state index contributed by atoms with van der Waals surface area (Å²) in [5.74, 6) is 1.40. The van der Waals surface area contributed by atoms with E-state index < -0.39 is 0 Å². The average Bonchev–Trinajstić information content (AvgIpc) is 3.31. The van der Waals surface area contributed by atoms with Crippen LogP contribution < -0.4 is 21.1 Å². The second-order valence-electron chi connectivity index (χ2n) is 7.67. The molecule has 0 unspecified atom stereocenters. The highest BCUT2D eigenvalue weighted by atomic mass is 16.1. The number of carbonyl (C=O) groups is 1. The van der Waals surface area contributed by atoms with Crippen LogP contribution in [0.5, 0.6) is 0 Å². The van der Waals surface area contributed by atoms with Crippen molar-refractivity contribution in [3.8, 4) is 0 Å². The molecule has 3 aromatic rings. The Morgan fingerprint density at radius 1 is 1.13 bits per heavy atom. The van der Waals surface area contributed by atoms with Crippen LogP contribution in [0.4, 0.5) is 11.8 Å². The number of hydrogen-bond donors (Lipinski definition) is 2. The molecule has 1 saturated heterocycles. The van der Waals surface area contributed by atoms with Gasteiger partial charge in [0.2, 0.25) is 11.9 Å². The van der Waals surface area contributed by atoms with Crippen molar-refractivity contribution in [2.45, 2.75) is 32.7 Å². The number of nitrogens with zero attached hydrogens (tertiary/aromatic N) is 5. The lowest BCUT2D eigenvalue weighted by Gasteiger charge is -2.17. The van der Waals surface area contributed by atoms with Gasteiger partial charge in [-0.05, 0) is 31.9 Å². The van der Waals surface area contributed by atoms with E-state index in [4.69, 9.17) is 0 Å². The molecule has 0 atom stereocenters. The SMILES string of the molecule is Cc1cc(N2CCCC2)nc(NCCNC(=O)CCn2cnc3ccccc3c2=O)n1. The van der Waals surface area contributed by atoms with Gasteiger partial charge in [0, 0.05) is 50.9 Å². The standard InChI is InChI=1S/C22H27N7O2/c1-16-14-19(28-11-4-5-12-28)27-22(26-16)24-10-9-23-20(30)8-13-29-15-25-18-7-3-2-6-17(18)21(29)31/h2-3,6-7,14-15H,4-5,8-13H2,1H3,(H,23,30)(H,24,26,27). The zero-order valence-electron chi connectivity index (χ0n) is 17.7. The molecule has 1 fully saturated rings. The number of benzene rings is 1. The summed E-state index contributed by atoms with van der Waals surface area (Å²) in [7, 11) is 0. The van der Waals surface area contributed by atoms with Crippen molar-refractivity contribution in [3.05, 3.63) is 52.7 Å². The molecule has 0 spiro atoms. The zero-order valence-corrected chi connectivity index (χ0v) is 17.7. The number of fused-ring (bicyclic) bond motifs is 1. The van der Waals surface area contributed by atoms with Crippen molar-refractivity contribution < 1.29 is 4.79 Å². The maximum absolute atomic E-state index is 12.5. The summed E-state index contributed by atoms with van der Waals surface area (Å²) < 4.78 is 1.47. The summed E-state index contributed by atoms with van der Waals surface area (Å²) in [6.07, 6.45) is 4.09. The van der Waals surface area contributed by atoms with Crippen LogP contribution in [0.15, 0.2) is 41.5 Å². The molecule has 2 N–H and O–H groups in total. The lowest BCUT2D eigenvalue weighted by molar-refractivity contribution is -0.121. The quantitative estimate of drug-likeness (QED) is 0.534. The molecule has 1 aromatic carbocycles. The number of rotatable bonds is 8. The third kappa shape index (κ3) is 5.17. The van der Waals surface area contributed by atoms with Crippen molar-refractivity contribution in [1.82, 2.24) is 24.8 Å². The average molecular weight is 422 g/mol. The first-order valence-corrected chi connectivity index (χ1v) is 10.7. The first-order valence-electron chi connectivity index (χ1n) is 10.7. The Bertz CT molecular complexity index is 1120. The minimum atomic E-state index is -0.134. The molecular formula is C22H27N7O2. The van der Waals surface area contributed by atoms with E-state index in [-0.39, 0.29) is 24.4 Å². The van der Waals surface area contributed by atoms with E-state index in [9.17, 15) is 9.59 Å². The summed E-state index contributed by atoms with van der Waals surface area (Å²) in [6.45, 7) is 5.27. The van der Waals surface area contributed by atoms with Gasteiger partial charge in [-0.2, -0.15) is 4.98 Å². The monoisotopic (exact) mass is 421 g/mol. The van der Waals surface area contributed by atoms with Crippen LogP contribution in [0, 0.1) is 6.92 Å². The molecule has 1 aliphatic rings. The molecule has 31 heavy (non-hydrogen) atoms. The van der Waals surface area contributed by atoms with Crippen LogP contribution in [0.3, 0.4) is 0 Å². The molecule has 0 radical (unpaired) electrons. The Morgan fingerprint density at radius 3 is 2.77 bits per heavy atom. The van der Waals surface area contributed by atoms with Crippen molar-refractivity contribution >= 4 is 28.6 Å². The highest BCUT2D eigenvalue weighted by Gasteiger charge is 2.15. The molecule has 4 rings (SSSR count). The number of nitrogens with one attached hydrogen (secondary N) is 2. The van der Waals surface area contributed by atoms with E-state index in [1.807, 2.05) is 25.1 Å². The van der Waals surface area contributed by atoms with Crippen LogP contribution in [0.1, 0.15) is 25.0 Å². The van der Waals surface area contributed by atoms with Crippen molar-refractivity contribution in [2.24, 2.45) is 0 Å². The van der Waals surface area contributed by atoms with Crippen LogP contribution in [0.2, 0.25) is 0 Å². The first-order chi connectivity index (χ1) is 15.1. The van der Waals surface area contributed by atoms with Crippen LogP contribution in [-0.2, 0) is 11.3 Å². The smallest absolute Gasteiger partial charge is 0.261 e. The summed E-state index contributed by atoms with van der Waals surface area (Å²) in [4.78, 5) is 40.2. The Hall–Kier alpha value is -3.49. The summed E-state index contributed by atoms with van der Waals surface area (Å²) in [5, 5.41) is 6.60. The summed E-state index contributed by atoms with van der Waals surface area (Å²) >= 11 is 0. The fraction of sp³-hybridized carbons (Fsp3) is 0.409. The number of anilines is 2. The first kappa shape index (κ1) is 20.8. The van der Waals surface area contributed by atoms with Gasteiger partial charge in [-0.25, -0.2) is 9.97 Å². The molecular weight excluding hydrogens is 394 g/mol. The van der Waals surface area contributed by atoms with Gasteiger partial charge < -0.3 is 15.5 Å². The third-order valence-corrected chi connectivity index (χ3v) is 5.31. The zero-order chi connectivity index (χ0) is 21.6. The second-order valence-corrected chi connectivity index (χ2v) is 7.67. The Labute approximate surface area is 180 Å². The van der Waals surface area contributed by atoms with E-state index >= 15 is 0 Å². The van der Waals surface area contributed by atoms with Gasteiger partial charge in [-0.1, -0.05) is 12.1 Å². The Kier molecular flexibility index (Phi) is 6.40. The van der Waals surface area contributed by atoms with Gasteiger partial charge in [0.15, 0.2) is 0 Å². The molecule has 1 aliphatic heterocycles. The van der Waals surface area contributed by atoms with E-state index in [1.165, 1.54) is 23.7 Å². The number of hydrogen-bond acceptors (Lipinski definition) is 7. The number of carbonyl (C=O) groups excluding carboxylic acids is 1. The van der Waals surface area contributed by atoms with Gasteiger partial charge in [0.05, 0.1) is 17.2 Å². The van der Waals surface area contributed by atoms with Gasteiger partial charge in [0.25, 0.3) is 5.56 Å². The Balaban J connectivity index is 1.24. The van der Waals surface area contributed by atoms with Crippen molar-refractivity contribution in [1.29, 1.82) is 0 Å². The van der Waals surface area contributed by atoms with Gasteiger partial charge in [0.1, 0.15) is 5.82 Å². The van der Waals surface area contributed by atoms with E-state index in [2.05, 4.69) is 30.5 Å². The molecule has 1 amide bonds. The number of aromatic nitrogens is 4. The molecule has 9 nitrogen and oxygen atoms in total. The maximum atomic E-state index is 12.5. The summed E-state index contributed by atoms with van der Waals surface area (Å²) in [5.41, 5.74) is 1.44. The van der Waals surface area contributed by atoms with E-state index in [1.54, 1.807) is 12.1 Å². The molecule has 162 valence electrons. The molecule has 0 bridgehead atoms. The lowest BCUT2D eigenvalue weighted by Crippen LogP contribution is -2.31. The Morgan fingerprint density at radius 2 is 1.94 bits per heavy atom. The van der Waals surface area contributed by atoms with Crippen LogP contribution in [0.25, 0.3) is 10.9 Å². The normalized spacial score (nSPS) is 13.5. The largest absolute Gasteiger partial charge is 0.356 e. The van der Waals surface area contributed by atoms with Crippen LogP contribution >= 0.6 is 0 Å². The summed E-state index contributed by atoms with van der Waals surface area (Å²) in [6, 6.07) is 9.20. The molecule has 2 aromatic heterocycles. The van der Waals surface area contributed by atoms with Crippen molar-refractivity contribution in [2.75, 3.05) is 36.4 Å². The minimum Gasteiger partial charge on any atom is -0.356 e. The number of para-hydroxylation sites is 1. The van der Waals surface area contributed by atoms with E-state index in [0.29, 0.717) is 29.9 Å². The maximum Gasteiger partial charge on any atom is 0.261 e. The topological polar surface area (TPSA) is 105 Å². The van der Waals surface area contributed by atoms with Crippen LogP contribution in [-0.4, -0.2) is 51.6 Å². The van der Waals surface area contributed by atoms with Gasteiger partial charge >= 0.3 is 0 Å². The van der Waals surface area contributed by atoms with Gasteiger partial charge in [-0.3, -0.25) is 14.2 Å². The number of amides is 1. The number of aryl methyl sites for hydroxylation is 2. The molecule has 0 saturated carbocycles. The van der Waals surface area contributed by atoms with Crippen molar-refractivity contribution in [3.63, 3.8) is 0 Å². The highest BCUT2D eigenvalue weighted by molar-refractivity contribution is 5.77. The lowest BCUT2D eigenvalue weighted by atomic mass is 10.2. The highest BCUT2D eigenvalue weighted by Crippen LogP contribution is 2.19. The fourth-order valence-electron chi connectivity index (χ4n) is 3.69. The molecule has 9 heteroatoms. The third-order valence-electron chi connectivity index (χ3n) is 5.31.